The Morgan fingerprint density at radius 1 is 1.11 bits per heavy atom. The molecule has 18 heavy (non-hydrogen) atoms. The summed E-state index contributed by atoms with van der Waals surface area (Å²) in [5.41, 5.74) is 2.24. The van der Waals surface area contributed by atoms with E-state index in [1.54, 1.807) is 6.20 Å². The van der Waals surface area contributed by atoms with Crippen molar-refractivity contribution < 1.29 is 0 Å². The molecule has 0 aliphatic carbocycles. The van der Waals surface area contributed by atoms with Gasteiger partial charge in [-0.3, -0.25) is 4.98 Å². The minimum Gasteiger partial charge on any atom is -0.369 e. The van der Waals surface area contributed by atoms with Gasteiger partial charge in [0.25, 0.3) is 0 Å². The Labute approximate surface area is 115 Å². The molecule has 0 aromatic carbocycles. The van der Waals surface area contributed by atoms with Crippen LogP contribution in [0.1, 0.15) is 12.8 Å². The topological polar surface area (TPSA) is 34.0 Å². The smallest absolute Gasteiger partial charge is 0.0910 e. The standard InChI is InChI=1S/C13H14BrN4/c14-11-8-16-18(10-11)12-4-5-15-9-13(12)17-6-2-1-3-7-17/h1,4-5,8-10H,2-3,6-7H2. The number of hydrogen-bond donors (Lipinski definition) is 0. The maximum atomic E-state index is 4.35. The average molecular weight is 306 g/mol. The average Bonchev–Trinajstić information content (AvgIpc) is 2.86. The van der Waals surface area contributed by atoms with E-state index >= 15 is 0 Å². The highest BCUT2D eigenvalue weighted by Crippen LogP contribution is 2.26. The summed E-state index contributed by atoms with van der Waals surface area (Å²) in [4.78, 5) is 6.62. The fourth-order valence-corrected chi connectivity index (χ4v) is 2.53. The van der Waals surface area contributed by atoms with Crippen molar-refractivity contribution in [2.45, 2.75) is 12.8 Å². The largest absolute Gasteiger partial charge is 0.369 e. The van der Waals surface area contributed by atoms with Crippen molar-refractivity contribution in [1.29, 1.82) is 0 Å². The van der Waals surface area contributed by atoms with Crippen LogP contribution in [-0.4, -0.2) is 27.9 Å². The predicted molar refractivity (Wildman–Crippen MR) is 74.8 cm³/mol. The Morgan fingerprint density at radius 2 is 1.94 bits per heavy atom. The van der Waals surface area contributed by atoms with Crippen molar-refractivity contribution in [3.63, 3.8) is 0 Å². The second-order valence-electron chi connectivity index (χ2n) is 4.32. The first-order valence-corrected chi connectivity index (χ1v) is 6.85. The van der Waals surface area contributed by atoms with Crippen molar-refractivity contribution >= 4 is 21.6 Å². The molecule has 0 saturated carbocycles. The summed E-state index contributed by atoms with van der Waals surface area (Å²) >= 11 is 3.43. The van der Waals surface area contributed by atoms with Gasteiger partial charge in [0, 0.05) is 25.5 Å². The summed E-state index contributed by atoms with van der Waals surface area (Å²) in [6.45, 7) is 2.11. The second-order valence-corrected chi connectivity index (χ2v) is 5.24. The Morgan fingerprint density at radius 3 is 2.67 bits per heavy atom. The first-order chi connectivity index (χ1) is 8.84. The van der Waals surface area contributed by atoms with Crippen molar-refractivity contribution in [1.82, 2.24) is 14.8 Å². The molecule has 4 nitrogen and oxygen atoms in total. The monoisotopic (exact) mass is 305 g/mol. The van der Waals surface area contributed by atoms with Gasteiger partial charge in [-0.1, -0.05) is 0 Å². The molecule has 5 heteroatoms. The highest BCUT2D eigenvalue weighted by atomic mass is 79.9. The molecule has 0 atom stereocenters. The Balaban J connectivity index is 1.99. The molecule has 1 radical (unpaired) electrons. The fraction of sp³-hybridized carbons (Fsp3) is 0.308. The van der Waals surface area contributed by atoms with Crippen LogP contribution in [0.4, 0.5) is 5.69 Å². The molecule has 2 aromatic rings. The number of nitrogens with zero attached hydrogens (tertiary/aromatic N) is 4. The normalized spacial score (nSPS) is 15.9. The third kappa shape index (κ3) is 2.27. The summed E-state index contributed by atoms with van der Waals surface area (Å²) in [7, 11) is 0. The van der Waals surface area contributed by atoms with Gasteiger partial charge in [-0.05, 0) is 41.3 Å². The zero-order chi connectivity index (χ0) is 12.4. The van der Waals surface area contributed by atoms with Crippen molar-refractivity contribution in [3.8, 4) is 5.69 Å². The molecule has 1 aliphatic rings. The molecule has 1 aliphatic heterocycles. The first-order valence-electron chi connectivity index (χ1n) is 6.06. The molecule has 2 aromatic heterocycles. The summed E-state index contributed by atoms with van der Waals surface area (Å²) < 4.78 is 2.87. The Hall–Kier alpha value is -1.36. The van der Waals surface area contributed by atoms with Crippen LogP contribution in [0.25, 0.3) is 5.69 Å². The fourth-order valence-electron chi connectivity index (χ4n) is 2.24. The van der Waals surface area contributed by atoms with Crippen molar-refractivity contribution in [2.24, 2.45) is 0 Å². The minimum atomic E-state index is 0.984. The zero-order valence-corrected chi connectivity index (χ0v) is 11.5. The number of hydrogen-bond acceptors (Lipinski definition) is 3. The van der Waals surface area contributed by atoms with Gasteiger partial charge >= 0.3 is 0 Å². The SMILES string of the molecule is Brc1cnn(-c2ccncc2N2CC[CH]CC2)c1. The number of halogens is 1. The van der Waals surface area contributed by atoms with Gasteiger partial charge in [0.15, 0.2) is 0 Å². The number of rotatable bonds is 2. The first kappa shape index (κ1) is 11.7. The second kappa shape index (κ2) is 5.10. The van der Waals surface area contributed by atoms with Crippen LogP contribution in [0.5, 0.6) is 0 Å². The molecule has 0 bridgehead atoms. The van der Waals surface area contributed by atoms with Crippen molar-refractivity contribution in [2.75, 3.05) is 18.0 Å². The zero-order valence-electron chi connectivity index (χ0n) is 9.96. The number of piperidine rings is 1. The predicted octanol–water partition coefficient (Wildman–Crippen LogP) is 2.83. The summed E-state index contributed by atoms with van der Waals surface area (Å²) in [5, 5.41) is 4.35. The maximum absolute atomic E-state index is 4.35. The lowest BCUT2D eigenvalue weighted by molar-refractivity contribution is 0.674. The quantitative estimate of drug-likeness (QED) is 0.855. The Bertz CT molecular complexity index is 531. The van der Waals surface area contributed by atoms with E-state index < -0.39 is 0 Å². The van der Waals surface area contributed by atoms with Crippen molar-refractivity contribution in [3.05, 3.63) is 41.7 Å². The van der Waals surface area contributed by atoms with Crippen LogP contribution in [0.15, 0.2) is 35.3 Å². The van der Waals surface area contributed by atoms with Gasteiger partial charge in [0.05, 0.1) is 28.2 Å². The highest BCUT2D eigenvalue weighted by molar-refractivity contribution is 9.10. The molecule has 3 rings (SSSR count). The van der Waals surface area contributed by atoms with E-state index in [0.29, 0.717) is 0 Å². The number of anilines is 1. The van der Waals surface area contributed by atoms with Crippen LogP contribution in [-0.2, 0) is 0 Å². The van der Waals surface area contributed by atoms with E-state index in [1.165, 1.54) is 0 Å². The number of pyridine rings is 1. The summed E-state index contributed by atoms with van der Waals surface area (Å²) in [6.07, 6.45) is 12.1. The van der Waals surface area contributed by atoms with Crippen LogP contribution >= 0.6 is 15.9 Å². The van der Waals surface area contributed by atoms with Gasteiger partial charge in [0.1, 0.15) is 0 Å². The summed E-state index contributed by atoms with van der Waals surface area (Å²) in [5.74, 6) is 0. The summed E-state index contributed by atoms with van der Waals surface area (Å²) in [6, 6.07) is 2.01. The van der Waals surface area contributed by atoms with Gasteiger partial charge in [-0.25, -0.2) is 4.68 Å². The van der Waals surface area contributed by atoms with Crippen LogP contribution in [0.3, 0.4) is 0 Å². The van der Waals surface area contributed by atoms with Crippen LogP contribution in [0, 0.1) is 6.42 Å². The molecule has 0 spiro atoms. The third-order valence-corrected chi connectivity index (χ3v) is 3.53. The van der Waals surface area contributed by atoms with E-state index in [-0.39, 0.29) is 0 Å². The van der Waals surface area contributed by atoms with E-state index in [1.807, 2.05) is 29.3 Å². The highest BCUT2D eigenvalue weighted by Gasteiger charge is 2.15. The van der Waals surface area contributed by atoms with Gasteiger partial charge < -0.3 is 4.90 Å². The number of aromatic nitrogens is 3. The van der Waals surface area contributed by atoms with Gasteiger partial charge in [0.2, 0.25) is 0 Å². The molecule has 0 unspecified atom stereocenters. The van der Waals surface area contributed by atoms with E-state index in [4.69, 9.17) is 0 Å². The molecule has 0 N–H and O–H groups in total. The van der Waals surface area contributed by atoms with E-state index in [0.717, 1.165) is 41.8 Å². The molecule has 1 fully saturated rings. The Kier molecular flexibility index (Phi) is 3.32. The molecular weight excluding hydrogens is 292 g/mol. The minimum absolute atomic E-state index is 0.984. The van der Waals surface area contributed by atoms with E-state index in [2.05, 4.69) is 37.3 Å². The van der Waals surface area contributed by atoms with Gasteiger partial charge in [-0.15, -0.1) is 0 Å². The third-order valence-electron chi connectivity index (χ3n) is 3.12. The molecule has 0 amide bonds. The lowest BCUT2D eigenvalue weighted by Crippen LogP contribution is -2.30. The molecule has 3 heterocycles. The lowest BCUT2D eigenvalue weighted by Gasteiger charge is -2.29. The molecular formula is C13H14BrN4. The molecule has 1 saturated heterocycles. The maximum Gasteiger partial charge on any atom is 0.0910 e. The van der Waals surface area contributed by atoms with Gasteiger partial charge in [-0.2, -0.15) is 5.10 Å². The molecule has 93 valence electrons. The van der Waals surface area contributed by atoms with Crippen LogP contribution < -0.4 is 4.90 Å². The van der Waals surface area contributed by atoms with Crippen LogP contribution in [0.2, 0.25) is 0 Å². The lowest BCUT2D eigenvalue weighted by atomic mass is 10.1. The van der Waals surface area contributed by atoms with E-state index in [9.17, 15) is 0 Å².